The van der Waals surface area contributed by atoms with Crippen LogP contribution >= 0.6 is 0 Å². The van der Waals surface area contributed by atoms with Crippen LogP contribution in [0.3, 0.4) is 0 Å². The van der Waals surface area contributed by atoms with Gasteiger partial charge in [-0.2, -0.15) is 0 Å². The lowest BCUT2D eigenvalue weighted by Gasteiger charge is -2.33. The molecule has 1 saturated carbocycles. The zero-order chi connectivity index (χ0) is 17.6. The molecule has 138 valence electrons. The number of piperidine rings is 1. The second-order valence-electron chi connectivity index (χ2n) is 7.87. The van der Waals surface area contributed by atoms with Gasteiger partial charge in [-0.1, -0.05) is 13.8 Å². The Kier molecular flexibility index (Phi) is 6.10. The maximum absolute atomic E-state index is 11.9. The number of carbonyl (C=O) groups is 1. The minimum absolute atomic E-state index is 0.184. The standard InChI is InChI=1S/C19H31N5O/c1-14(2)11-20-19(25)8-5-15-4-3-9-24(12-15)18-10-17(21-13-22-18)23-16-6-7-16/h10,13-16H,3-9,11-12H2,1-2H3,(H,20,25)(H,21,22,23). The second-order valence-corrected chi connectivity index (χ2v) is 7.87. The highest BCUT2D eigenvalue weighted by Gasteiger charge is 2.24. The summed E-state index contributed by atoms with van der Waals surface area (Å²) in [6.45, 7) is 7.03. The van der Waals surface area contributed by atoms with Crippen molar-refractivity contribution >= 4 is 17.5 Å². The van der Waals surface area contributed by atoms with Gasteiger partial charge in [0.25, 0.3) is 0 Å². The van der Waals surface area contributed by atoms with E-state index >= 15 is 0 Å². The van der Waals surface area contributed by atoms with E-state index in [0.717, 1.165) is 44.1 Å². The van der Waals surface area contributed by atoms with Crippen molar-refractivity contribution in [1.82, 2.24) is 15.3 Å². The third-order valence-corrected chi connectivity index (χ3v) is 4.91. The molecule has 1 amide bonds. The second kappa shape index (κ2) is 8.50. The Hall–Kier alpha value is -1.85. The highest BCUT2D eigenvalue weighted by Crippen LogP contribution is 2.27. The van der Waals surface area contributed by atoms with Crippen LogP contribution in [-0.4, -0.2) is 41.6 Å². The fourth-order valence-electron chi connectivity index (χ4n) is 3.29. The molecule has 0 aromatic carbocycles. The Morgan fingerprint density at radius 3 is 2.92 bits per heavy atom. The van der Waals surface area contributed by atoms with Gasteiger partial charge < -0.3 is 15.5 Å². The Bertz CT molecular complexity index is 573. The molecule has 1 aliphatic heterocycles. The van der Waals surface area contributed by atoms with E-state index in [1.165, 1.54) is 19.3 Å². The van der Waals surface area contributed by atoms with Crippen molar-refractivity contribution in [2.45, 2.75) is 58.4 Å². The van der Waals surface area contributed by atoms with E-state index in [0.29, 0.717) is 24.3 Å². The number of hydrogen-bond acceptors (Lipinski definition) is 5. The first kappa shape index (κ1) is 18.0. The van der Waals surface area contributed by atoms with Crippen LogP contribution in [0.5, 0.6) is 0 Å². The summed E-state index contributed by atoms with van der Waals surface area (Å²) >= 11 is 0. The zero-order valence-corrected chi connectivity index (χ0v) is 15.5. The number of hydrogen-bond donors (Lipinski definition) is 2. The molecule has 2 heterocycles. The fraction of sp³-hybridized carbons (Fsp3) is 0.737. The summed E-state index contributed by atoms with van der Waals surface area (Å²) in [5.74, 6) is 3.19. The van der Waals surface area contributed by atoms with Crippen LogP contribution in [0.15, 0.2) is 12.4 Å². The lowest BCUT2D eigenvalue weighted by molar-refractivity contribution is -0.121. The van der Waals surface area contributed by atoms with Gasteiger partial charge in [-0.25, -0.2) is 9.97 Å². The van der Waals surface area contributed by atoms with Gasteiger partial charge in [0.1, 0.15) is 18.0 Å². The molecule has 1 unspecified atom stereocenters. The van der Waals surface area contributed by atoms with Gasteiger partial charge in [-0.05, 0) is 43.9 Å². The average Bonchev–Trinajstić information content (AvgIpc) is 3.42. The number of rotatable bonds is 8. The van der Waals surface area contributed by atoms with E-state index in [1.54, 1.807) is 6.33 Å². The number of amides is 1. The number of nitrogens with one attached hydrogen (secondary N) is 2. The Balaban J connectivity index is 1.48. The molecule has 0 spiro atoms. The summed E-state index contributed by atoms with van der Waals surface area (Å²) in [7, 11) is 0. The lowest BCUT2D eigenvalue weighted by Crippen LogP contribution is -2.36. The summed E-state index contributed by atoms with van der Waals surface area (Å²) in [6, 6.07) is 2.66. The first-order chi connectivity index (χ1) is 12.1. The van der Waals surface area contributed by atoms with E-state index < -0.39 is 0 Å². The molecule has 6 nitrogen and oxygen atoms in total. The minimum Gasteiger partial charge on any atom is -0.367 e. The molecule has 0 radical (unpaired) electrons. The summed E-state index contributed by atoms with van der Waals surface area (Å²) in [6.07, 6.45) is 8.08. The van der Waals surface area contributed by atoms with Crippen molar-refractivity contribution in [2.75, 3.05) is 29.9 Å². The SMILES string of the molecule is CC(C)CNC(=O)CCC1CCCN(c2cc(NC3CC3)ncn2)C1. The van der Waals surface area contributed by atoms with Crippen LogP contribution in [-0.2, 0) is 4.79 Å². The molecular weight excluding hydrogens is 314 g/mol. The summed E-state index contributed by atoms with van der Waals surface area (Å²) < 4.78 is 0. The summed E-state index contributed by atoms with van der Waals surface area (Å²) in [4.78, 5) is 23.1. The van der Waals surface area contributed by atoms with E-state index in [1.807, 2.05) is 0 Å². The van der Waals surface area contributed by atoms with Crippen molar-refractivity contribution in [3.05, 3.63) is 12.4 Å². The van der Waals surface area contributed by atoms with E-state index in [4.69, 9.17) is 0 Å². The topological polar surface area (TPSA) is 70.2 Å². The predicted octanol–water partition coefficient (Wildman–Crippen LogP) is 2.82. The minimum atomic E-state index is 0.184. The summed E-state index contributed by atoms with van der Waals surface area (Å²) in [5, 5.41) is 6.45. The third-order valence-electron chi connectivity index (χ3n) is 4.91. The van der Waals surface area contributed by atoms with Gasteiger partial charge in [-0.3, -0.25) is 4.79 Å². The number of aromatic nitrogens is 2. The van der Waals surface area contributed by atoms with Crippen LogP contribution in [0.1, 0.15) is 52.4 Å². The largest absolute Gasteiger partial charge is 0.367 e. The molecular formula is C19H31N5O. The number of carbonyl (C=O) groups excluding carboxylic acids is 1. The van der Waals surface area contributed by atoms with Gasteiger partial charge >= 0.3 is 0 Å². The highest BCUT2D eigenvalue weighted by molar-refractivity contribution is 5.75. The Morgan fingerprint density at radius 1 is 1.32 bits per heavy atom. The van der Waals surface area contributed by atoms with Gasteiger partial charge in [0, 0.05) is 38.2 Å². The van der Waals surface area contributed by atoms with Crippen molar-refractivity contribution in [3.8, 4) is 0 Å². The predicted molar refractivity (Wildman–Crippen MR) is 101 cm³/mol. The zero-order valence-electron chi connectivity index (χ0n) is 15.5. The molecule has 1 aromatic rings. The average molecular weight is 345 g/mol. The number of nitrogens with zero attached hydrogens (tertiary/aromatic N) is 3. The Morgan fingerprint density at radius 2 is 2.16 bits per heavy atom. The maximum atomic E-state index is 11.9. The van der Waals surface area contributed by atoms with Crippen LogP contribution < -0.4 is 15.5 Å². The fourth-order valence-corrected chi connectivity index (χ4v) is 3.29. The van der Waals surface area contributed by atoms with Gasteiger partial charge in [-0.15, -0.1) is 0 Å². The number of anilines is 2. The van der Waals surface area contributed by atoms with E-state index in [9.17, 15) is 4.79 Å². The molecule has 1 saturated heterocycles. The Labute approximate surface area is 150 Å². The highest BCUT2D eigenvalue weighted by atomic mass is 16.1. The van der Waals surface area contributed by atoms with Crippen molar-refractivity contribution in [3.63, 3.8) is 0 Å². The lowest BCUT2D eigenvalue weighted by atomic mass is 9.93. The molecule has 0 bridgehead atoms. The van der Waals surface area contributed by atoms with Gasteiger partial charge in [0.15, 0.2) is 0 Å². The van der Waals surface area contributed by atoms with Crippen LogP contribution in [0.25, 0.3) is 0 Å². The van der Waals surface area contributed by atoms with Gasteiger partial charge in [0.2, 0.25) is 5.91 Å². The van der Waals surface area contributed by atoms with Gasteiger partial charge in [0.05, 0.1) is 0 Å². The molecule has 1 aliphatic carbocycles. The van der Waals surface area contributed by atoms with E-state index in [2.05, 4.69) is 45.4 Å². The molecule has 1 aromatic heterocycles. The molecule has 2 N–H and O–H groups in total. The maximum Gasteiger partial charge on any atom is 0.220 e. The first-order valence-corrected chi connectivity index (χ1v) is 9.70. The molecule has 1 atom stereocenters. The third kappa shape index (κ3) is 5.87. The molecule has 25 heavy (non-hydrogen) atoms. The molecule has 2 fully saturated rings. The first-order valence-electron chi connectivity index (χ1n) is 9.70. The smallest absolute Gasteiger partial charge is 0.220 e. The molecule has 3 rings (SSSR count). The van der Waals surface area contributed by atoms with Crippen LogP contribution in [0.4, 0.5) is 11.6 Å². The molecule has 6 heteroatoms. The normalized spacial score (nSPS) is 20.6. The van der Waals surface area contributed by atoms with Crippen LogP contribution in [0.2, 0.25) is 0 Å². The van der Waals surface area contributed by atoms with Crippen molar-refractivity contribution < 1.29 is 4.79 Å². The van der Waals surface area contributed by atoms with Crippen molar-refractivity contribution in [1.29, 1.82) is 0 Å². The quantitative estimate of drug-likeness (QED) is 0.758. The molecule has 2 aliphatic rings. The van der Waals surface area contributed by atoms with E-state index in [-0.39, 0.29) is 5.91 Å². The van der Waals surface area contributed by atoms with Crippen LogP contribution in [0, 0.1) is 11.8 Å². The van der Waals surface area contributed by atoms with Crippen molar-refractivity contribution in [2.24, 2.45) is 11.8 Å². The summed E-state index contributed by atoms with van der Waals surface area (Å²) in [5.41, 5.74) is 0. The monoisotopic (exact) mass is 345 g/mol.